The topological polar surface area (TPSA) is 56.1 Å². The summed E-state index contributed by atoms with van der Waals surface area (Å²) in [5, 5.41) is 7.12. The molecular formula is C24H23N3O2P+. The van der Waals surface area contributed by atoms with Gasteiger partial charge < -0.3 is 4.74 Å². The lowest BCUT2D eigenvalue weighted by Gasteiger charge is -2.28. The third-order valence-corrected chi connectivity index (χ3v) is 8.77. The number of ether oxygens (including phenoxy) is 1. The molecule has 0 aliphatic carbocycles. The minimum atomic E-state index is -2.36. The van der Waals surface area contributed by atoms with E-state index in [1.807, 2.05) is 54.6 Å². The van der Waals surface area contributed by atoms with Crippen LogP contribution in [-0.2, 0) is 7.05 Å². The molecule has 1 heterocycles. The number of hydrogen-bond donors (Lipinski definition) is 1. The Morgan fingerprint density at radius 1 is 0.800 bits per heavy atom. The average Bonchev–Trinajstić information content (AvgIpc) is 2.81. The van der Waals surface area contributed by atoms with E-state index in [1.165, 1.54) is 17.7 Å². The standard InChI is InChI=1S/C24H22N3O2P/c1-27-23(28)18-22(25-24(27)29-2)26-30(19-12-6-3-7-13-19,20-14-8-4-9-15-20)21-16-10-5-11-17-21/h3-18H,1-2H3/p+1. The third-order valence-electron chi connectivity index (χ3n) is 4.99. The van der Waals surface area contributed by atoms with Gasteiger partial charge in [0.05, 0.1) is 7.11 Å². The van der Waals surface area contributed by atoms with Crippen molar-refractivity contribution in [2.75, 3.05) is 12.2 Å². The highest BCUT2D eigenvalue weighted by atomic mass is 31.2. The second-order valence-electron chi connectivity index (χ2n) is 6.81. The summed E-state index contributed by atoms with van der Waals surface area (Å²) in [7, 11) is 0.802. The molecule has 4 rings (SSSR count). The van der Waals surface area contributed by atoms with Gasteiger partial charge in [-0.05, 0) is 36.4 Å². The second kappa shape index (κ2) is 8.52. The van der Waals surface area contributed by atoms with Crippen LogP contribution < -0.4 is 31.3 Å². The molecule has 0 spiro atoms. The van der Waals surface area contributed by atoms with Gasteiger partial charge in [-0.15, -0.1) is 0 Å². The number of nitrogens with one attached hydrogen (secondary N) is 1. The van der Waals surface area contributed by atoms with Gasteiger partial charge in [-0.1, -0.05) is 54.6 Å². The molecule has 0 atom stereocenters. The summed E-state index contributed by atoms with van der Waals surface area (Å²) in [5.74, 6) is 0.486. The molecule has 0 saturated heterocycles. The summed E-state index contributed by atoms with van der Waals surface area (Å²) < 4.78 is 6.71. The Kier molecular flexibility index (Phi) is 5.64. The number of hydrogen-bond acceptors (Lipinski definition) is 4. The maximum atomic E-state index is 12.5. The van der Waals surface area contributed by atoms with Crippen LogP contribution in [-0.4, -0.2) is 16.7 Å². The zero-order valence-corrected chi connectivity index (χ0v) is 17.8. The second-order valence-corrected chi connectivity index (χ2v) is 9.93. The molecule has 0 bridgehead atoms. The van der Waals surface area contributed by atoms with Crippen molar-refractivity contribution in [2.24, 2.45) is 7.05 Å². The van der Waals surface area contributed by atoms with Crippen molar-refractivity contribution in [3.8, 4) is 6.01 Å². The lowest BCUT2D eigenvalue weighted by molar-refractivity contribution is 0.357. The molecule has 3 aromatic carbocycles. The van der Waals surface area contributed by atoms with Crippen LogP contribution in [0, 0.1) is 0 Å². The zero-order valence-electron chi connectivity index (χ0n) is 16.9. The minimum Gasteiger partial charge on any atom is -0.468 e. The fourth-order valence-corrected chi connectivity index (χ4v) is 7.12. The molecule has 4 aromatic rings. The van der Waals surface area contributed by atoms with Gasteiger partial charge in [0.1, 0.15) is 15.9 Å². The smallest absolute Gasteiger partial charge is 0.300 e. The van der Waals surface area contributed by atoms with E-state index >= 15 is 0 Å². The Morgan fingerprint density at radius 2 is 1.23 bits per heavy atom. The maximum Gasteiger partial charge on any atom is 0.300 e. The summed E-state index contributed by atoms with van der Waals surface area (Å²) in [4.78, 5) is 17.1. The van der Waals surface area contributed by atoms with Gasteiger partial charge in [-0.3, -0.25) is 9.36 Å². The van der Waals surface area contributed by atoms with Crippen molar-refractivity contribution in [1.82, 2.24) is 9.55 Å². The summed E-state index contributed by atoms with van der Waals surface area (Å²) in [5.41, 5.74) is -0.184. The Balaban J connectivity index is 2.01. The molecule has 150 valence electrons. The fourth-order valence-electron chi connectivity index (χ4n) is 3.53. The monoisotopic (exact) mass is 416 g/mol. The van der Waals surface area contributed by atoms with E-state index in [0.29, 0.717) is 5.82 Å². The van der Waals surface area contributed by atoms with E-state index in [9.17, 15) is 4.79 Å². The summed E-state index contributed by atoms with van der Waals surface area (Å²) >= 11 is 0. The van der Waals surface area contributed by atoms with Crippen LogP contribution >= 0.6 is 7.41 Å². The first-order chi connectivity index (χ1) is 14.6. The number of aromatic nitrogens is 2. The van der Waals surface area contributed by atoms with Crippen LogP contribution in [0.15, 0.2) is 102 Å². The normalized spacial score (nSPS) is 11.1. The molecule has 0 unspecified atom stereocenters. The first kappa shape index (κ1) is 19.9. The van der Waals surface area contributed by atoms with Gasteiger partial charge >= 0.3 is 6.01 Å². The van der Waals surface area contributed by atoms with Crippen LogP contribution in [0.25, 0.3) is 0 Å². The van der Waals surface area contributed by atoms with Gasteiger partial charge in [0.25, 0.3) is 5.56 Å². The van der Waals surface area contributed by atoms with Crippen molar-refractivity contribution in [3.05, 3.63) is 107 Å². The highest BCUT2D eigenvalue weighted by Crippen LogP contribution is 2.54. The van der Waals surface area contributed by atoms with Crippen LogP contribution in [0.3, 0.4) is 0 Å². The molecular weight excluding hydrogens is 393 g/mol. The summed E-state index contributed by atoms with van der Waals surface area (Å²) in [6.45, 7) is 0. The zero-order chi connectivity index (χ0) is 21.0. The predicted molar refractivity (Wildman–Crippen MR) is 125 cm³/mol. The Bertz CT molecular complexity index is 1080. The lowest BCUT2D eigenvalue weighted by Crippen LogP contribution is -2.36. The van der Waals surface area contributed by atoms with Crippen LogP contribution in [0.2, 0.25) is 0 Å². The molecule has 0 fully saturated rings. The number of nitrogens with zero attached hydrogens (tertiary/aromatic N) is 2. The Morgan fingerprint density at radius 3 is 1.63 bits per heavy atom. The predicted octanol–water partition coefficient (Wildman–Crippen LogP) is 3.11. The quantitative estimate of drug-likeness (QED) is 0.491. The van der Waals surface area contributed by atoms with Gasteiger partial charge in [-0.25, -0.2) is 5.09 Å². The number of rotatable bonds is 6. The first-order valence-electron chi connectivity index (χ1n) is 9.61. The van der Waals surface area contributed by atoms with E-state index in [-0.39, 0.29) is 11.6 Å². The third kappa shape index (κ3) is 3.60. The SMILES string of the molecule is COc1nc(N[P+](c2ccccc2)(c2ccccc2)c2ccccc2)cc(=O)n1C. The fraction of sp³-hybridized carbons (Fsp3) is 0.0833. The van der Waals surface area contributed by atoms with Gasteiger partial charge in [0.15, 0.2) is 5.82 Å². The summed E-state index contributed by atoms with van der Waals surface area (Å²) in [6, 6.07) is 32.8. The molecule has 0 saturated carbocycles. The van der Waals surface area contributed by atoms with Crippen molar-refractivity contribution in [1.29, 1.82) is 0 Å². The first-order valence-corrected chi connectivity index (χ1v) is 11.4. The van der Waals surface area contributed by atoms with Crippen LogP contribution in [0.1, 0.15) is 0 Å². The number of anilines is 1. The van der Waals surface area contributed by atoms with E-state index in [1.54, 1.807) is 7.05 Å². The van der Waals surface area contributed by atoms with E-state index in [4.69, 9.17) is 4.74 Å². The van der Waals surface area contributed by atoms with Gasteiger partial charge in [0.2, 0.25) is 7.41 Å². The maximum absolute atomic E-state index is 12.5. The van der Waals surface area contributed by atoms with Gasteiger partial charge in [-0.2, -0.15) is 4.98 Å². The molecule has 0 amide bonds. The van der Waals surface area contributed by atoms with Crippen LogP contribution in [0.4, 0.5) is 5.82 Å². The molecule has 0 aliphatic heterocycles. The van der Waals surface area contributed by atoms with E-state index in [0.717, 1.165) is 15.9 Å². The molecule has 1 aromatic heterocycles. The minimum absolute atomic E-state index is 0.184. The van der Waals surface area contributed by atoms with Crippen molar-refractivity contribution >= 4 is 29.1 Å². The molecule has 5 nitrogen and oxygen atoms in total. The average molecular weight is 416 g/mol. The molecule has 6 heteroatoms. The van der Waals surface area contributed by atoms with Crippen LogP contribution in [0.5, 0.6) is 6.01 Å². The largest absolute Gasteiger partial charge is 0.468 e. The molecule has 1 N–H and O–H groups in total. The summed E-state index contributed by atoms with van der Waals surface area (Å²) in [6.07, 6.45) is 0. The van der Waals surface area contributed by atoms with E-state index in [2.05, 4.69) is 46.5 Å². The molecule has 0 radical (unpaired) electrons. The Labute approximate surface area is 176 Å². The highest BCUT2D eigenvalue weighted by Gasteiger charge is 2.46. The highest BCUT2D eigenvalue weighted by molar-refractivity contribution is 7.96. The van der Waals surface area contributed by atoms with Crippen molar-refractivity contribution < 1.29 is 4.74 Å². The molecule has 30 heavy (non-hydrogen) atoms. The number of benzene rings is 3. The van der Waals surface area contributed by atoms with E-state index < -0.39 is 7.41 Å². The van der Waals surface area contributed by atoms with Crippen molar-refractivity contribution in [2.45, 2.75) is 0 Å². The van der Waals surface area contributed by atoms with Gasteiger partial charge in [0, 0.05) is 13.1 Å². The Hall–Kier alpha value is -3.43. The molecule has 0 aliphatic rings. The van der Waals surface area contributed by atoms with Crippen molar-refractivity contribution in [3.63, 3.8) is 0 Å². The number of methoxy groups -OCH3 is 1. The lowest BCUT2D eigenvalue weighted by atomic mass is 10.4.